The third-order valence-electron chi connectivity index (χ3n) is 2.57. The predicted octanol–water partition coefficient (Wildman–Crippen LogP) is 2.79. The van der Waals surface area contributed by atoms with Crippen molar-refractivity contribution in [2.45, 2.75) is 19.8 Å². The van der Waals surface area contributed by atoms with Crippen LogP contribution in [0.3, 0.4) is 0 Å². The average Bonchev–Trinajstić information content (AvgIpc) is 2.36. The van der Waals surface area contributed by atoms with Gasteiger partial charge in [0.05, 0.1) is 12.4 Å². The van der Waals surface area contributed by atoms with Gasteiger partial charge in [-0.25, -0.2) is 8.42 Å². The zero-order chi connectivity index (χ0) is 15.0. The molecule has 0 heterocycles. The number of ether oxygens (including phenoxy) is 1. The lowest BCUT2D eigenvalue weighted by Gasteiger charge is -2.07. The van der Waals surface area contributed by atoms with Crippen LogP contribution in [0.1, 0.15) is 24.0 Å². The molecule has 20 heavy (non-hydrogen) atoms. The molecule has 0 aliphatic heterocycles. The number of halogens is 1. The quantitative estimate of drug-likeness (QED) is 0.461. The van der Waals surface area contributed by atoms with E-state index < -0.39 is 9.84 Å². The average molecular weight is 315 g/mol. The summed E-state index contributed by atoms with van der Waals surface area (Å²) in [5.74, 6) is 7.47. The zero-order valence-electron chi connectivity index (χ0n) is 11.8. The van der Waals surface area contributed by atoms with Crippen molar-refractivity contribution in [3.63, 3.8) is 0 Å². The molecule has 5 heteroatoms. The highest BCUT2D eigenvalue weighted by molar-refractivity contribution is 7.90. The number of rotatable bonds is 6. The van der Waals surface area contributed by atoms with E-state index in [0.29, 0.717) is 25.3 Å². The Morgan fingerprint density at radius 2 is 2.10 bits per heavy atom. The fraction of sp³-hybridized carbons (Fsp3) is 0.467. The van der Waals surface area contributed by atoms with E-state index in [0.717, 1.165) is 16.9 Å². The minimum atomic E-state index is -2.92. The molecular weight excluding hydrogens is 296 g/mol. The molecule has 0 N–H and O–H groups in total. The maximum absolute atomic E-state index is 11.0. The van der Waals surface area contributed by atoms with Crippen LogP contribution in [0.25, 0.3) is 0 Å². The summed E-state index contributed by atoms with van der Waals surface area (Å²) in [6.07, 6.45) is 2.39. The van der Waals surface area contributed by atoms with Crippen molar-refractivity contribution in [1.82, 2.24) is 0 Å². The molecule has 0 radical (unpaired) electrons. The molecule has 0 saturated carbocycles. The molecule has 0 amide bonds. The number of benzene rings is 1. The molecule has 0 fully saturated rings. The van der Waals surface area contributed by atoms with Crippen molar-refractivity contribution in [2.75, 3.05) is 24.5 Å². The molecule has 110 valence electrons. The number of aryl methyl sites for hydroxylation is 1. The molecule has 0 atom stereocenters. The van der Waals surface area contributed by atoms with Crippen LogP contribution in [0.2, 0.25) is 0 Å². The van der Waals surface area contributed by atoms with Crippen molar-refractivity contribution < 1.29 is 13.2 Å². The van der Waals surface area contributed by atoms with Crippen LogP contribution in [0.4, 0.5) is 0 Å². The maximum atomic E-state index is 11.0. The zero-order valence-corrected chi connectivity index (χ0v) is 13.4. The first-order valence-electron chi connectivity index (χ1n) is 6.38. The minimum absolute atomic E-state index is 0.147. The molecule has 0 spiro atoms. The minimum Gasteiger partial charge on any atom is -0.494 e. The summed E-state index contributed by atoms with van der Waals surface area (Å²) in [4.78, 5) is 0. The molecule has 1 aromatic rings. The van der Waals surface area contributed by atoms with Crippen LogP contribution in [0.5, 0.6) is 5.75 Å². The second kappa shape index (κ2) is 8.18. The fourth-order valence-electron chi connectivity index (χ4n) is 1.58. The Hall–Kier alpha value is -1.18. The van der Waals surface area contributed by atoms with Gasteiger partial charge in [0, 0.05) is 24.1 Å². The summed E-state index contributed by atoms with van der Waals surface area (Å²) in [5, 5.41) is 0. The van der Waals surface area contributed by atoms with Crippen molar-refractivity contribution in [3.8, 4) is 17.6 Å². The first kappa shape index (κ1) is 16.9. The summed E-state index contributed by atoms with van der Waals surface area (Å²) in [6.45, 7) is 2.36. The van der Waals surface area contributed by atoms with Gasteiger partial charge >= 0.3 is 0 Å². The standard InChI is InChI=1S/C15H19ClO3S/c1-13-12-15(19-10-5-11-20(2,17)18)8-7-14(13)6-3-4-9-16/h7-8,12H,4-5,9-11H2,1-2H3. The van der Waals surface area contributed by atoms with Gasteiger partial charge in [-0.1, -0.05) is 11.8 Å². The third kappa shape index (κ3) is 6.83. The summed E-state index contributed by atoms with van der Waals surface area (Å²) in [5.41, 5.74) is 1.99. The molecule has 0 unspecified atom stereocenters. The lowest BCUT2D eigenvalue weighted by Crippen LogP contribution is -2.08. The second-order valence-electron chi connectivity index (χ2n) is 4.55. The van der Waals surface area contributed by atoms with E-state index in [1.165, 1.54) is 6.26 Å². The van der Waals surface area contributed by atoms with Crippen LogP contribution in [0.15, 0.2) is 18.2 Å². The van der Waals surface area contributed by atoms with Gasteiger partial charge in [-0.3, -0.25) is 0 Å². The van der Waals surface area contributed by atoms with E-state index >= 15 is 0 Å². The summed E-state index contributed by atoms with van der Waals surface area (Å²) in [6, 6.07) is 5.66. The number of alkyl halides is 1. The Bertz CT molecular complexity index is 597. The summed E-state index contributed by atoms with van der Waals surface area (Å²) < 4.78 is 27.5. The molecule has 1 rings (SSSR count). The number of hydrogen-bond donors (Lipinski definition) is 0. The lowest BCUT2D eigenvalue weighted by atomic mass is 10.1. The summed E-state index contributed by atoms with van der Waals surface area (Å²) in [7, 11) is -2.92. The topological polar surface area (TPSA) is 43.4 Å². The van der Waals surface area contributed by atoms with Crippen molar-refractivity contribution in [2.24, 2.45) is 0 Å². The van der Waals surface area contributed by atoms with Crippen LogP contribution >= 0.6 is 11.6 Å². The predicted molar refractivity (Wildman–Crippen MR) is 83.2 cm³/mol. The van der Waals surface area contributed by atoms with E-state index in [1.54, 1.807) is 0 Å². The molecule has 0 bridgehead atoms. The van der Waals surface area contributed by atoms with Crippen molar-refractivity contribution >= 4 is 21.4 Å². The molecule has 3 nitrogen and oxygen atoms in total. The van der Waals surface area contributed by atoms with E-state index in [9.17, 15) is 8.42 Å². The van der Waals surface area contributed by atoms with Crippen LogP contribution in [0, 0.1) is 18.8 Å². The smallest absolute Gasteiger partial charge is 0.147 e. The normalized spacial score (nSPS) is 10.8. The first-order chi connectivity index (χ1) is 9.42. The van der Waals surface area contributed by atoms with Gasteiger partial charge in [-0.15, -0.1) is 11.6 Å². The third-order valence-corrected chi connectivity index (χ3v) is 3.79. The SMILES string of the molecule is Cc1cc(OCCCS(C)(=O)=O)ccc1C#CCCCl. The highest BCUT2D eigenvalue weighted by Crippen LogP contribution is 2.17. The monoisotopic (exact) mass is 314 g/mol. The molecule has 0 aromatic heterocycles. The number of hydrogen-bond acceptors (Lipinski definition) is 3. The van der Waals surface area contributed by atoms with Crippen LogP contribution in [-0.2, 0) is 9.84 Å². The Morgan fingerprint density at radius 1 is 1.35 bits per heavy atom. The van der Waals surface area contributed by atoms with E-state index in [2.05, 4.69) is 11.8 Å². The van der Waals surface area contributed by atoms with Crippen LogP contribution in [-0.4, -0.2) is 32.9 Å². The van der Waals surface area contributed by atoms with Gasteiger partial charge in [0.15, 0.2) is 0 Å². The Labute approximate surface area is 126 Å². The molecular formula is C15H19ClO3S. The maximum Gasteiger partial charge on any atom is 0.147 e. The van der Waals surface area contributed by atoms with Gasteiger partial charge in [0.2, 0.25) is 0 Å². The largest absolute Gasteiger partial charge is 0.494 e. The fourth-order valence-corrected chi connectivity index (χ4v) is 2.32. The van der Waals surface area contributed by atoms with Gasteiger partial charge < -0.3 is 4.74 Å². The van der Waals surface area contributed by atoms with Gasteiger partial charge in [-0.05, 0) is 37.1 Å². The molecule has 0 aliphatic rings. The van der Waals surface area contributed by atoms with E-state index in [1.807, 2.05) is 25.1 Å². The van der Waals surface area contributed by atoms with Crippen LogP contribution < -0.4 is 4.74 Å². The molecule has 1 aromatic carbocycles. The Balaban J connectivity index is 2.54. The van der Waals surface area contributed by atoms with E-state index in [-0.39, 0.29) is 5.75 Å². The van der Waals surface area contributed by atoms with Gasteiger partial charge in [0.1, 0.15) is 15.6 Å². The van der Waals surface area contributed by atoms with Crippen molar-refractivity contribution in [1.29, 1.82) is 0 Å². The molecule has 0 saturated heterocycles. The molecule has 0 aliphatic carbocycles. The Morgan fingerprint density at radius 3 is 2.70 bits per heavy atom. The van der Waals surface area contributed by atoms with Gasteiger partial charge in [0.25, 0.3) is 0 Å². The highest BCUT2D eigenvalue weighted by atomic mass is 35.5. The first-order valence-corrected chi connectivity index (χ1v) is 8.98. The van der Waals surface area contributed by atoms with Gasteiger partial charge in [-0.2, -0.15) is 0 Å². The summed E-state index contributed by atoms with van der Waals surface area (Å²) >= 11 is 5.57. The van der Waals surface area contributed by atoms with Crippen molar-refractivity contribution in [3.05, 3.63) is 29.3 Å². The second-order valence-corrected chi connectivity index (χ2v) is 7.19. The lowest BCUT2D eigenvalue weighted by molar-refractivity contribution is 0.317. The highest BCUT2D eigenvalue weighted by Gasteiger charge is 2.03. The Kier molecular flexibility index (Phi) is 6.90. The van der Waals surface area contributed by atoms with E-state index in [4.69, 9.17) is 16.3 Å². The number of sulfone groups is 1.